The molecule has 0 N–H and O–H groups in total. The summed E-state index contributed by atoms with van der Waals surface area (Å²) < 4.78 is 6.31. The predicted molar refractivity (Wildman–Crippen MR) is 152 cm³/mol. The van der Waals surface area contributed by atoms with E-state index in [1.807, 2.05) is 0 Å². The van der Waals surface area contributed by atoms with Gasteiger partial charge in [-0.3, -0.25) is 0 Å². The van der Waals surface area contributed by atoms with Crippen LogP contribution >= 0.6 is 0 Å². The summed E-state index contributed by atoms with van der Waals surface area (Å²) >= 11 is 0. The van der Waals surface area contributed by atoms with Crippen LogP contribution in [-0.2, 0) is 0 Å². The zero-order valence-corrected chi connectivity index (χ0v) is 21.4. The molecule has 1 aliphatic heterocycles. The Bertz CT molecular complexity index is 1430. The second kappa shape index (κ2) is 8.62. The van der Waals surface area contributed by atoms with Crippen molar-refractivity contribution < 1.29 is 4.74 Å². The standard InChI is InChI=1S/C36H34O/c1-2-12-25-23(10-1)11-9-18-27(25)36-30-16-5-3-14-28(30)35(29-15-4-6-17-31(29)36)24-20-21-34-32(22-24)26-13-7-8-19-33(26)37-34/h1-3,5,7-13,18-22,25-28,30,33H,4,6,14-17H2. The molecule has 0 saturated heterocycles. The number of benzene rings is 1. The molecule has 37 heavy (non-hydrogen) atoms. The van der Waals surface area contributed by atoms with Gasteiger partial charge in [0.15, 0.2) is 0 Å². The first-order valence-electron chi connectivity index (χ1n) is 14.4. The van der Waals surface area contributed by atoms with Crippen molar-refractivity contribution in [3.05, 3.63) is 131 Å². The van der Waals surface area contributed by atoms with Gasteiger partial charge in [-0.1, -0.05) is 84.6 Å². The van der Waals surface area contributed by atoms with Crippen LogP contribution in [0.25, 0.3) is 5.57 Å². The molecule has 184 valence electrons. The number of hydrogen-bond acceptors (Lipinski definition) is 1. The summed E-state index contributed by atoms with van der Waals surface area (Å²) in [5, 5.41) is 0. The Hall–Kier alpha value is -3.32. The van der Waals surface area contributed by atoms with Gasteiger partial charge in [0.2, 0.25) is 0 Å². The molecule has 1 fully saturated rings. The summed E-state index contributed by atoms with van der Waals surface area (Å²) in [7, 11) is 0. The lowest BCUT2D eigenvalue weighted by Crippen LogP contribution is -2.33. The van der Waals surface area contributed by atoms with Gasteiger partial charge in [-0.05, 0) is 96.4 Å². The van der Waals surface area contributed by atoms with E-state index in [1.165, 1.54) is 48.8 Å². The molecule has 7 aliphatic rings. The Kier molecular flexibility index (Phi) is 5.06. The van der Waals surface area contributed by atoms with Crippen molar-refractivity contribution in [3.63, 3.8) is 0 Å². The van der Waals surface area contributed by atoms with Crippen molar-refractivity contribution in [1.29, 1.82) is 0 Å². The van der Waals surface area contributed by atoms with E-state index in [9.17, 15) is 0 Å². The van der Waals surface area contributed by atoms with Crippen LogP contribution in [0, 0.1) is 23.7 Å². The zero-order valence-electron chi connectivity index (χ0n) is 21.4. The number of allylic oxidation sites excluding steroid dienone is 16. The highest BCUT2D eigenvalue weighted by atomic mass is 16.5. The Morgan fingerprint density at radius 2 is 1.49 bits per heavy atom. The topological polar surface area (TPSA) is 9.23 Å². The Labute approximate surface area is 220 Å². The molecule has 8 rings (SSSR count). The van der Waals surface area contributed by atoms with Crippen molar-refractivity contribution >= 4 is 5.57 Å². The van der Waals surface area contributed by atoms with Gasteiger partial charge >= 0.3 is 0 Å². The fraction of sp³-hybridized carbons (Fsp3) is 0.333. The maximum atomic E-state index is 6.31. The van der Waals surface area contributed by atoms with Crippen LogP contribution in [-0.4, -0.2) is 6.10 Å². The first-order chi connectivity index (χ1) is 18.4. The van der Waals surface area contributed by atoms with Crippen LogP contribution < -0.4 is 4.74 Å². The van der Waals surface area contributed by atoms with E-state index in [2.05, 4.69) is 97.2 Å². The summed E-state index contributed by atoms with van der Waals surface area (Å²) in [6.07, 6.45) is 37.7. The van der Waals surface area contributed by atoms with Crippen molar-refractivity contribution in [1.82, 2.24) is 0 Å². The van der Waals surface area contributed by atoms with Gasteiger partial charge in [0.1, 0.15) is 11.9 Å². The minimum atomic E-state index is 0.152. The van der Waals surface area contributed by atoms with Crippen LogP contribution in [0.2, 0.25) is 0 Å². The summed E-state index contributed by atoms with van der Waals surface area (Å²) in [6, 6.07) is 7.12. The number of ether oxygens (including phenoxy) is 1. The maximum Gasteiger partial charge on any atom is 0.128 e. The Morgan fingerprint density at radius 3 is 2.43 bits per heavy atom. The van der Waals surface area contributed by atoms with Crippen LogP contribution in [0.1, 0.15) is 55.6 Å². The minimum Gasteiger partial charge on any atom is -0.485 e. The van der Waals surface area contributed by atoms with E-state index in [0.717, 1.165) is 12.2 Å². The molecule has 0 spiro atoms. The first kappa shape index (κ1) is 21.7. The molecule has 6 unspecified atom stereocenters. The largest absolute Gasteiger partial charge is 0.485 e. The third-order valence-electron chi connectivity index (χ3n) is 9.83. The lowest BCUT2D eigenvalue weighted by molar-refractivity contribution is 0.269. The summed E-state index contributed by atoms with van der Waals surface area (Å²) in [4.78, 5) is 0. The molecule has 6 aliphatic carbocycles. The van der Waals surface area contributed by atoms with E-state index >= 15 is 0 Å². The number of hydrogen-bond donors (Lipinski definition) is 0. The summed E-state index contributed by atoms with van der Waals surface area (Å²) in [6.45, 7) is 0. The first-order valence-corrected chi connectivity index (χ1v) is 14.4. The molecule has 1 heteroatoms. The molecule has 1 nitrogen and oxygen atoms in total. The zero-order chi connectivity index (χ0) is 24.3. The molecule has 0 radical (unpaired) electrons. The quantitative estimate of drug-likeness (QED) is 0.383. The predicted octanol–water partition coefficient (Wildman–Crippen LogP) is 8.73. The molecule has 1 aromatic carbocycles. The molecule has 1 heterocycles. The van der Waals surface area contributed by atoms with Gasteiger partial charge in [-0.15, -0.1) is 0 Å². The Morgan fingerprint density at radius 1 is 0.703 bits per heavy atom. The van der Waals surface area contributed by atoms with E-state index in [-0.39, 0.29) is 6.10 Å². The van der Waals surface area contributed by atoms with Gasteiger partial charge in [0, 0.05) is 23.3 Å². The highest BCUT2D eigenvalue weighted by Gasteiger charge is 2.43. The lowest BCUT2D eigenvalue weighted by Gasteiger charge is -2.46. The fourth-order valence-electron chi connectivity index (χ4n) is 8.26. The van der Waals surface area contributed by atoms with E-state index < -0.39 is 0 Å². The Balaban J connectivity index is 1.29. The molecule has 0 aromatic heterocycles. The van der Waals surface area contributed by atoms with E-state index in [4.69, 9.17) is 4.74 Å². The van der Waals surface area contributed by atoms with Crippen LogP contribution in [0.5, 0.6) is 5.75 Å². The van der Waals surface area contributed by atoms with Crippen molar-refractivity contribution in [3.8, 4) is 5.75 Å². The van der Waals surface area contributed by atoms with Gasteiger partial charge < -0.3 is 4.74 Å². The molecule has 1 saturated carbocycles. The molecule has 1 aromatic rings. The van der Waals surface area contributed by atoms with Crippen molar-refractivity contribution in [2.45, 2.75) is 50.5 Å². The SMILES string of the molecule is C1=CC2=CC=CC(C3=C4CCCCC4=C(c4ccc5c(c4)C4C=CC=CC4O5)C4CC=CCC34)C2C=C1. The van der Waals surface area contributed by atoms with Crippen LogP contribution in [0.15, 0.2) is 119 Å². The van der Waals surface area contributed by atoms with E-state index in [1.54, 1.807) is 22.3 Å². The third kappa shape index (κ3) is 3.36. The smallest absolute Gasteiger partial charge is 0.128 e. The molecule has 0 amide bonds. The molecule has 0 bridgehead atoms. The van der Waals surface area contributed by atoms with Crippen LogP contribution in [0.4, 0.5) is 0 Å². The summed E-state index contributed by atoms with van der Waals surface area (Å²) in [5.41, 5.74) is 11.1. The second-order valence-corrected chi connectivity index (χ2v) is 11.7. The minimum absolute atomic E-state index is 0.152. The molecular formula is C36H34O. The van der Waals surface area contributed by atoms with Gasteiger partial charge in [0.25, 0.3) is 0 Å². The fourth-order valence-corrected chi connectivity index (χ4v) is 8.26. The van der Waals surface area contributed by atoms with Gasteiger partial charge in [-0.2, -0.15) is 0 Å². The highest BCUT2D eigenvalue weighted by molar-refractivity contribution is 5.79. The third-order valence-corrected chi connectivity index (χ3v) is 9.83. The monoisotopic (exact) mass is 482 g/mol. The highest BCUT2D eigenvalue weighted by Crippen LogP contribution is 2.56. The van der Waals surface area contributed by atoms with Gasteiger partial charge in [-0.25, -0.2) is 0 Å². The average molecular weight is 483 g/mol. The number of rotatable bonds is 2. The van der Waals surface area contributed by atoms with E-state index in [0.29, 0.717) is 29.6 Å². The van der Waals surface area contributed by atoms with Crippen molar-refractivity contribution in [2.75, 3.05) is 0 Å². The second-order valence-electron chi connectivity index (χ2n) is 11.7. The molecule has 6 atom stereocenters. The summed E-state index contributed by atoms with van der Waals surface area (Å²) in [5.74, 6) is 3.55. The molecular weight excluding hydrogens is 448 g/mol. The van der Waals surface area contributed by atoms with Crippen molar-refractivity contribution in [2.24, 2.45) is 23.7 Å². The van der Waals surface area contributed by atoms with Gasteiger partial charge in [0.05, 0.1) is 0 Å². The lowest BCUT2D eigenvalue weighted by atomic mass is 9.58. The normalized spacial score (nSPS) is 34.4. The van der Waals surface area contributed by atoms with Crippen LogP contribution in [0.3, 0.4) is 0 Å². The maximum absolute atomic E-state index is 6.31. The number of fused-ring (bicyclic) bond motifs is 6. The average Bonchev–Trinajstić information content (AvgIpc) is 3.33.